The van der Waals surface area contributed by atoms with Crippen LogP contribution in [0.4, 0.5) is 0 Å². The Kier molecular flexibility index (Phi) is 21.2. The van der Waals surface area contributed by atoms with Gasteiger partial charge in [-0.1, -0.05) is 32.1 Å². The average molecular weight is 821 g/mol. The zero-order valence-corrected chi connectivity index (χ0v) is 35.0. The van der Waals surface area contributed by atoms with Crippen LogP contribution in [0.2, 0.25) is 0 Å². The second-order valence-electron chi connectivity index (χ2n) is 14.2. The van der Waals surface area contributed by atoms with Gasteiger partial charge < -0.3 is 40.1 Å². The SMILES string of the molecule is CCS.CCSC1CC(=O)[C@@H](O)[C@@H](O)CCCc2cc(C)cc(O)c2C(=O)O[C@@H](C)C1.Cc1cc(O)c2c(c1)CCC[C@H](O)[C@H](O)C(=O)/C=C\C[C@H](C)OC2=O. The minimum absolute atomic E-state index is 0.111. The third kappa shape index (κ3) is 15.5. The predicted octanol–water partition coefficient (Wildman–Crippen LogP) is 5.53. The first kappa shape index (κ1) is 48.7. The van der Waals surface area contributed by atoms with Crippen molar-refractivity contribution in [1.82, 2.24) is 0 Å². The van der Waals surface area contributed by atoms with E-state index < -0.39 is 54.3 Å². The molecule has 0 saturated carbocycles. The second-order valence-corrected chi connectivity index (χ2v) is 16.4. The molecule has 56 heavy (non-hydrogen) atoms. The molecule has 12 nitrogen and oxygen atoms in total. The molecule has 0 radical (unpaired) electrons. The molecule has 2 aromatic carbocycles. The molecule has 312 valence electrons. The Hall–Kier alpha value is -3.40. The summed E-state index contributed by atoms with van der Waals surface area (Å²) >= 11 is 5.35. The number of phenolic OH excluding ortho intramolecular Hbond substituents is 2. The molecule has 6 N–H and O–H groups in total. The van der Waals surface area contributed by atoms with E-state index in [2.05, 4.69) is 12.6 Å². The summed E-state index contributed by atoms with van der Waals surface area (Å²) in [4.78, 5) is 49.3. The third-order valence-electron chi connectivity index (χ3n) is 9.13. The Morgan fingerprint density at radius 2 is 1.21 bits per heavy atom. The summed E-state index contributed by atoms with van der Waals surface area (Å²) in [6, 6.07) is 6.64. The van der Waals surface area contributed by atoms with Crippen LogP contribution in [-0.4, -0.2) is 108 Å². The molecular weight excluding hydrogens is 761 g/mol. The highest BCUT2D eigenvalue weighted by Gasteiger charge is 2.30. The first-order valence-corrected chi connectivity index (χ1v) is 20.9. The number of phenols is 2. The standard InChI is InChI=1S/C21H30O6S.C19H24O6.C2H6S/c1-4-28-15-10-13(3)27-21(26)19-14(8-12(2)9-17(19)23)6-5-7-16(22)20(25)18(24)11-15;1-11-9-13-6-4-8-15(21)18(23)14(20)7-3-5-12(2)25-19(24)17(13)16(22)10-11;1-2-3/h8-9,13,15-16,20,22-23,25H,4-7,10-11H2,1-3H3;3,7,9-10,12,15,18,21-23H,4-6,8H2,1-2H3;3H,2H2,1H3/b;7-3-;/t13-,15?,16-,20-;12-,15-,18+;/m00./s1. The summed E-state index contributed by atoms with van der Waals surface area (Å²) in [6.45, 7) is 11.0. The fraction of sp³-hybridized carbons (Fsp3) is 0.571. The molecule has 0 aromatic heterocycles. The van der Waals surface area contributed by atoms with Gasteiger partial charge in [-0.25, -0.2) is 9.59 Å². The number of hydrogen-bond donors (Lipinski definition) is 7. The van der Waals surface area contributed by atoms with Crippen LogP contribution < -0.4 is 0 Å². The Morgan fingerprint density at radius 3 is 1.70 bits per heavy atom. The Balaban J connectivity index is 0.000000363. The molecule has 0 spiro atoms. The van der Waals surface area contributed by atoms with Gasteiger partial charge in [0.2, 0.25) is 0 Å². The van der Waals surface area contributed by atoms with E-state index in [0.29, 0.717) is 43.2 Å². The van der Waals surface area contributed by atoms with Gasteiger partial charge >= 0.3 is 11.9 Å². The quantitative estimate of drug-likeness (QED) is 0.147. The lowest BCUT2D eigenvalue weighted by Gasteiger charge is -2.24. The smallest absolute Gasteiger partial charge is 0.342 e. The molecule has 0 fully saturated rings. The number of hydrogen-bond acceptors (Lipinski definition) is 14. The number of carbonyl (C=O) groups excluding carboxylic acids is 4. The maximum Gasteiger partial charge on any atom is 0.342 e. The number of aliphatic hydroxyl groups is 4. The third-order valence-corrected chi connectivity index (χ3v) is 10.3. The number of thiol groups is 1. The molecule has 2 aliphatic rings. The van der Waals surface area contributed by atoms with Crippen molar-refractivity contribution in [2.24, 2.45) is 0 Å². The van der Waals surface area contributed by atoms with Gasteiger partial charge in [-0.3, -0.25) is 9.59 Å². The van der Waals surface area contributed by atoms with E-state index in [-0.39, 0.29) is 59.3 Å². The van der Waals surface area contributed by atoms with Crippen LogP contribution in [0.1, 0.15) is 116 Å². The number of cyclic esters (lactones) is 2. The van der Waals surface area contributed by atoms with E-state index in [1.165, 1.54) is 24.3 Å². The van der Waals surface area contributed by atoms with Crippen molar-refractivity contribution < 1.29 is 59.3 Å². The molecule has 0 amide bonds. The molecule has 4 rings (SSSR count). The summed E-state index contributed by atoms with van der Waals surface area (Å²) in [5.74, 6) is -0.679. The van der Waals surface area contributed by atoms with Crippen molar-refractivity contribution in [2.75, 3.05) is 11.5 Å². The lowest BCUT2D eigenvalue weighted by Crippen LogP contribution is -2.36. The highest BCUT2D eigenvalue weighted by Crippen LogP contribution is 2.30. The number of aromatic hydroxyl groups is 2. The number of fused-ring (bicyclic) bond motifs is 2. The monoisotopic (exact) mass is 820 g/mol. The lowest BCUT2D eigenvalue weighted by atomic mass is 9.95. The fourth-order valence-electron chi connectivity index (χ4n) is 6.49. The van der Waals surface area contributed by atoms with Gasteiger partial charge in [0.1, 0.15) is 47.0 Å². The topological polar surface area (TPSA) is 208 Å². The summed E-state index contributed by atoms with van der Waals surface area (Å²) in [5, 5.41) is 60.6. The number of esters is 2. The van der Waals surface area contributed by atoms with E-state index in [4.69, 9.17) is 9.47 Å². The molecule has 2 heterocycles. The molecular formula is C42H60O12S2. The number of carbonyl (C=O) groups is 4. The minimum Gasteiger partial charge on any atom is -0.507 e. The predicted molar refractivity (Wildman–Crippen MR) is 220 cm³/mol. The summed E-state index contributed by atoms with van der Waals surface area (Å²) in [5.41, 5.74) is 3.16. The van der Waals surface area contributed by atoms with Crippen LogP contribution >= 0.6 is 24.4 Å². The number of aryl methyl sites for hydroxylation is 4. The summed E-state index contributed by atoms with van der Waals surface area (Å²) in [7, 11) is 0. The molecule has 2 aromatic rings. The first-order valence-electron chi connectivity index (χ1n) is 19.2. The van der Waals surface area contributed by atoms with Gasteiger partial charge in [-0.05, 0) is 125 Å². The zero-order valence-electron chi connectivity index (χ0n) is 33.3. The van der Waals surface area contributed by atoms with Crippen LogP contribution in [-0.2, 0) is 31.9 Å². The van der Waals surface area contributed by atoms with E-state index in [1.54, 1.807) is 38.6 Å². The second kappa shape index (κ2) is 24.4. The van der Waals surface area contributed by atoms with E-state index in [0.717, 1.165) is 22.6 Å². The van der Waals surface area contributed by atoms with Crippen molar-refractivity contribution in [2.45, 2.75) is 141 Å². The maximum absolute atomic E-state index is 12.7. The van der Waals surface area contributed by atoms with Crippen LogP contribution in [0.15, 0.2) is 36.4 Å². The Bertz CT molecular complexity index is 1640. The molecule has 14 heteroatoms. The van der Waals surface area contributed by atoms with Gasteiger partial charge in [-0.2, -0.15) is 24.4 Å². The van der Waals surface area contributed by atoms with Gasteiger partial charge in [0.15, 0.2) is 11.6 Å². The van der Waals surface area contributed by atoms with Gasteiger partial charge in [0.05, 0.1) is 12.2 Å². The molecule has 2 aliphatic heterocycles. The van der Waals surface area contributed by atoms with Crippen LogP contribution in [0, 0.1) is 13.8 Å². The summed E-state index contributed by atoms with van der Waals surface area (Å²) in [6.07, 6.45) is -0.502. The van der Waals surface area contributed by atoms with Gasteiger partial charge in [0.25, 0.3) is 0 Å². The largest absolute Gasteiger partial charge is 0.507 e. The van der Waals surface area contributed by atoms with Crippen LogP contribution in [0.25, 0.3) is 0 Å². The number of rotatable bonds is 2. The number of thioether (sulfide) groups is 1. The normalized spacial score (nSPS) is 26.2. The molecule has 1 unspecified atom stereocenters. The molecule has 0 aliphatic carbocycles. The van der Waals surface area contributed by atoms with E-state index >= 15 is 0 Å². The number of ether oxygens (including phenoxy) is 2. The first-order chi connectivity index (χ1) is 26.4. The summed E-state index contributed by atoms with van der Waals surface area (Å²) < 4.78 is 10.9. The van der Waals surface area contributed by atoms with E-state index in [1.807, 2.05) is 26.8 Å². The van der Waals surface area contributed by atoms with Crippen LogP contribution in [0.3, 0.4) is 0 Å². The van der Waals surface area contributed by atoms with Gasteiger partial charge in [0, 0.05) is 18.1 Å². The highest BCUT2D eigenvalue weighted by molar-refractivity contribution is 7.99. The van der Waals surface area contributed by atoms with Crippen LogP contribution in [0.5, 0.6) is 11.5 Å². The van der Waals surface area contributed by atoms with Crippen molar-refractivity contribution in [3.8, 4) is 11.5 Å². The molecule has 7 atom stereocenters. The van der Waals surface area contributed by atoms with Crippen molar-refractivity contribution >= 4 is 47.9 Å². The number of Topliss-reactive ketones (excluding diaryl/α,β-unsaturated/α-hetero) is 1. The fourth-order valence-corrected chi connectivity index (χ4v) is 7.65. The highest BCUT2D eigenvalue weighted by atomic mass is 32.2. The lowest BCUT2D eigenvalue weighted by molar-refractivity contribution is -0.133. The van der Waals surface area contributed by atoms with Crippen molar-refractivity contribution in [3.63, 3.8) is 0 Å². The van der Waals surface area contributed by atoms with E-state index in [9.17, 15) is 49.8 Å². The Morgan fingerprint density at radius 1 is 0.750 bits per heavy atom. The maximum atomic E-state index is 12.7. The van der Waals surface area contributed by atoms with Crippen molar-refractivity contribution in [1.29, 1.82) is 0 Å². The zero-order chi connectivity index (χ0) is 42.1. The number of aliphatic hydroxyl groups excluding tert-OH is 4. The average Bonchev–Trinajstić information content (AvgIpc) is 3.10. The molecule has 0 saturated heterocycles. The Labute approximate surface area is 340 Å². The van der Waals surface area contributed by atoms with Gasteiger partial charge in [-0.15, -0.1) is 0 Å². The number of benzene rings is 2. The molecule has 0 bridgehead atoms. The van der Waals surface area contributed by atoms with Crippen molar-refractivity contribution in [3.05, 3.63) is 69.8 Å². The minimum atomic E-state index is -1.47. The number of ketones is 2.